The zero-order chi connectivity index (χ0) is 13.3. The second-order valence-electron chi connectivity index (χ2n) is 5.40. The zero-order valence-corrected chi connectivity index (χ0v) is 11.8. The van der Waals surface area contributed by atoms with Crippen LogP contribution in [-0.4, -0.2) is 56.4 Å². The normalized spacial score (nSPS) is 42.8. The predicted molar refractivity (Wildman–Crippen MR) is 71.7 cm³/mol. The van der Waals surface area contributed by atoms with Crippen molar-refractivity contribution in [1.29, 1.82) is 0 Å². The van der Waals surface area contributed by atoms with Crippen LogP contribution in [0.3, 0.4) is 0 Å². The summed E-state index contributed by atoms with van der Waals surface area (Å²) in [7, 11) is 0. The Morgan fingerprint density at radius 2 is 2.11 bits per heavy atom. The summed E-state index contributed by atoms with van der Waals surface area (Å²) in [5.74, 6) is -0.135. The summed E-state index contributed by atoms with van der Waals surface area (Å²) in [5, 5.41) is 30.2. The summed E-state index contributed by atoms with van der Waals surface area (Å²) in [5.41, 5.74) is 3.31. The molecule has 0 radical (unpaired) electrons. The molecule has 2 aliphatic rings. The van der Waals surface area contributed by atoms with Gasteiger partial charge in [0.1, 0.15) is 0 Å². The van der Waals surface area contributed by atoms with Crippen LogP contribution in [-0.2, 0) is 0 Å². The Labute approximate surface area is 113 Å². The highest BCUT2D eigenvalue weighted by Gasteiger charge is 2.49. The van der Waals surface area contributed by atoms with Crippen molar-refractivity contribution in [3.05, 3.63) is 0 Å². The largest absolute Gasteiger partial charge is 0.393 e. The SMILES string of the molecule is CCCNN1C[C@@H]2[C@@H](O)[C@H](O)[C@@H]([C@H](C)O)C[C@@H]2S1. The third-order valence-electron chi connectivity index (χ3n) is 4.01. The molecule has 1 aliphatic carbocycles. The van der Waals surface area contributed by atoms with Gasteiger partial charge in [0.15, 0.2) is 0 Å². The van der Waals surface area contributed by atoms with E-state index in [4.69, 9.17) is 0 Å². The minimum atomic E-state index is -0.807. The van der Waals surface area contributed by atoms with Crippen LogP contribution in [0.15, 0.2) is 0 Å². The first-order valence-corrected chi connectivity index (χ1v) is 7.60. The quantitative estimate of drug-likeness (QED) is 0.540. The van der Waals surface area contributed by atoms with Gasteiger partial charge in [-0.3, -0.25) is 0 Å². The number of nitrogens with zero attached hydrogens (tertiary/aromatic N) is 1. The molecule has 1 saturated heterocycles. The van der Waals surface area contributed by atoms with Crippen molar-refractivity contribution in [2.75, 3.05) is 13.1 Å². The van der Waals surface area contributed by atoms with Crippen molar-refractivity contribution >= 4 is 11.9 Å². The van der Waals surface area contributed by atoms with E-state index in [-0.39, 0.29) is 17.1 Å². The smallest absolute Gasteiger partial charge is 0.0855 e. The van der Waals surface area contributed by atoms with E-state index in [0.29, 0.717) is 0 Å². The van der Waals surface area contributed by atoms with E-state index < -0.39 is 18.3 Å². The second-order valence-corrected chi connectivity index (χ2v) is 6.66. The Kier molecular flexibility index (Phi) is 4.91. The fourth-order valence-corrected chi connectivity index (χ4v) is 4.34. The van der Waals surface area contributed by atoms with Gasteiger partial charge >= 0.3 is 0 Å². The van der Waals surface area contributed by atoms with E-state index in [9.17, 15) is 15.3 Å². The molecule has 4 N–H and O–H groups in total. The van der Waals surface area contributed by atoms with Crippen LogP contribution in [0, 0.1) is 11.8 Å². The Bertz CT molecular complexity index is 280. The van der Waals surface area contributed by atoms with E-state index in [2.05, 4.69) is 16.8 Å². The highest BCUT2D eigenvalue weighted by atomic mass is 32.2. The molecular weight excluding hydrogens is 252 g/mol. The summed E-state index contributed by atoms with van der Waals surface area (Å²) in [4.78, 5) is 0. The van der Waals surface area contributed by atoms with Crippen LogP contribution in [0.25, 0.3) is 0 Å². The van der Waals surface area contributed by atoms with Crippen molar-refractivity contribution in [1.82, 2.24) is 9.84 Å². The molecule has 2 fully saturated rings. The highest BCUT2D eigenvalue weighted by molar-refractivity contribution is 7.97. The summed E-state index contributed by atoms with van der Waals surface area (Å²) >= 11 is 1.70. The Hall–Kier alpha value is 0.150. The van der Waals surface area contributed by atoms with Gasteiger partial charge in [-0.05, 0) is 19.8 Å². The average molecular weight is 276 g/mol. The maximum absolute atomic E-state index is 10.2. The summed E-state index contributed by atoms with van der Waals surface area (Å²) < 4.78 is 2.07. The lowest BCUT2D eigenvalue weighted by Crippen LogP contribution is -2.51. The molecule has 5 nitrogen and oxygen atoms in total. The molecule has 1 aliphatic heterocycles. The fraction of sp³-hybridized carbons (Fsp3) is 1.00. The van der Waals surface area contributed by atoms with Crippen LogP contribution in [0.4, 0.5) is 0 Å². The number of hydrogen-bond acceptors (Lipinski definition) is 6. The van der Waals surface area contributed by atoms with Crippen LogP contribution >= 0.6 is 11.9 Å². The molecule has 106 valence electrons. The predicted octanol–water partition coefficient (Wildman–Crippen LogP) is -0.0279. The zero-order valence-electron chi connectivity index (χ0n) is 11.0. The first-order chi connectivity index (χ1) is 8.54. The lowest BCUT2D eigenvalue weighted by molar-refractivity contribution is -0.100. The third-order valence-corrected chi connectivity index (χ3v) is 5.35. The lowest BCUT2D eigenvalue weighted by Gasteiger charge is -2.39. The Morgan fingerprint density at radius 1 is 1.39 bits per heavy atom. The first kappa shape index (κ1) is 14.6. The third kappa shape index (κ3) is 2.84. The van der Waals surface area contributed by atoms with Crippen LogP contribution in [0.2, 0.25) is 0 Å². The molecular formula is C12H24N2O3S. The highest BCUT2D eigenvalue weighted by Crippen LogP contribution is 2.44. The van der Waals surface area contributed by atoms with Crippen molar-refractivity contribution in [2.24, 2.45) is 11.8 Å². The fourth-order valence-electron chi connectivity index (χ4n) is 2.87. The van der Waals surface area contributed by atoms with Crippen molar-refractivity contribution < 1.29 is 15.3 Å². The number of fused-ring (bicyclic) bond motifs is 1. The number of rotatable bonds is 4. The number of aliphatic hydroxyl groups is 3. The van der Waals surface area contributed by atoms with Crippen molar-refractivity contribution in [2.45, 2.75) is 50.3 Å². The minimum Gasteiger partial charge on any atom is -0.393 e. The standard InChI is InChI=1S/C12H24N2O3S/c1-3-4-13-14-6-9-10(18-14)5-8(7(2)15)11(16)12(9)17/h7-13,15-17H,3-6H2,1-2H3/t7-,8+,9-,10-,11+,12+/m0/s1. The van der Waals surface area contributed by atoms with Crippen LogP contribution in [0.1, 0.15) is 26.7 Å². The molecule has 6 heteroatoms. The van der Waals surface area contributed by atoms with Gasteiger partial charge in [0.25, 0.3) is 0 Å². The minimum absolute atomic E-state index is 0.0874. The van der Waals surface area contributed by atoms with Crippen molar-refractivity contribution in [3.8, 4) is 0 Å². The van der Waals surface area contributed by atoms with Gasteiger partial charge in [0, 0.05) is 30.2 Å². The van der Waals surface area contributed by atoms with Crippen LogP contribution < -0.4 is 5.43 Å². The molecule has 0 aromatic carbocycles. The maximum atomic E-state index is 10.2. The van der Waals surface area contributed by atoms with Gasteiger partial charge in [-0.2, -0.15) is 4.41 Å². The molecule has 0 unspecified atom stereocenters. The van der Waals surface area contributed by atoms with E-state index in [1.54, 1.807) is 18.9 Å². The summed E-state index contributed by atoms with van der Waals surface area (Å²) in [6.45, 7) is 5.47. The lowest BCUT2D eigenvalue weighted by atomic mass is 9.75. The van der Waals surface area contributed by atoms with Gasteiger partial charge < -0.3 is 15.3 Å². The molecule has 2 rings (SSSR count). The average Bonchev–Trinajstić information content (AvgIpc) is 2.74. The summed E-state index contributed by atoms with van der Waals surface area (Å²) in [6, 6.07) is 0. The Balaban J connectivity index is 1.98. The second kappa shape index (κ2) is 6.07. The van der Waals surface area contributed by atoms with Gasteiger partial charge in [0.05, 0.1) is 18.3 Å². The van der Waals surface area contributed by atoms with Gasteiger partial charge in [-0.25, -0.2) is 5.43 Å². The van der Waals surface area contributed by atoms with Gasteiger partial charge in [-0.15, -0.1) is 0 Å². The number of aliphatic hydroxyl groups excluding tert-OH is 3. The number of hydrogen-bond donors (Lipinski definition) is 4. The van der Waals surface area contributed by atoms with E-state index in [1.165, 1.54) is 0 Å². The van der Waals surface area contributed by atoms with E-state index in [1.807, 2.05) is 0 Å². The van der Waals surface area contributed by atoms with Crippen molar-refractivity contribution in [3.63, 3.8) is 0 Å². The van der Waals surface area contributed by atoms with E-state index >= 15 is 0 Å². The van der Waals surface area contributed by atoms with Crippen LogP contribution in [0.5, 0.6) is 0 Å². The van der Waals surface area contributed by atoms with Gasteiger partial charge in [-0.1, -0.05) is 18.9 Å². The first-order valence-electron chi connectivity index (χ1n) is 6.76. The Morgan fingerprint density at radius 3 is 2.72 bits per heavy atom. The molecule has 0 bridgehead atoms. The number of hydrazine groups is 1. The maximum Gasteiger partial charge on any atom is 0.0855 e. The molecule has 1 saturated carbocycles. The molecule has 0 spiro atoms. The monoisotopic (exact) mass is 276 g/mol. The topological polar surface area (TPSA) is 76.0 Å². The molecule has 0 aromatic heterocycles. The van der Waals surface area contributed by atoms with Gasteiger partial charge in [0.2, 0.25) is 0 Å². The molecule has 1 heterocycles. The molecule has 0 amide bonds. The molecule has 0 aromatic rings. The van der Waals surface area contributed by atoms with E-state index in [0.717, 1.165) is 25.9 Å². The molecule has 18 heavy (non-hydrogen) atoms. The molecule has 6 atom stereocenters. The summed E-state index contributed by atoms with van der Waals surface area (Å²) in [6.07, 6.45) is -0.292. The number of nitrogens with one attached hydrogen (secondary N) is 1.